The van der Waals surface area contributed by atoms with Gasteiger partial charge >= 0.3 is 5.97 Å². The lowest BCUT2D eigenvalue weighted by Gasteiger charge is -2.38. The van der Waals surface area contributed by atoms with Crippen LogP contribution in [0.25, 0.3) is 0 Å². The molecular weight excluding hydrogens is 382 g/mol. The lowest BCUT2D eigenvalue weighted by atomic mass is 9.76. The highest BCUT2D eigenvalue weighted by Gasteiger charge is 2.38. The highest BCUT2D eigenvalue weighted by atomic mass is 32.2. The van der Waals surface area contributed by atoms with Gasteiger partial charge in [-0.05, 0) is 60.7 Å². The van der Waals surface area contributed by atoms with Gasteiger partial charge in [-0.1, -0.05) is 24.3 Å². The molecule has 2 unspecified atom stereocenters. The first-order valence-electron chi connectivity index (χ1n) is 10.3. The number of nitrogens with one attached hydrogen (secondary N) is 1. The van der Waals surface area contributed by atoms with Crippen LogP contribution in [0, 0.1) is 5.92 Å². The Bertz CT molecular complexity index is 953. The Morgan fingerprint density at radius 3 is 2.90 bits per heavy atom. The smallest absolute Gasteiger partial charge is 0.338 e. The van der Waals surface area contributed by atoms with Crippen molar-refractivity contribution in [3.05, 3.63) is 71.3 Å². The average Bonchev–Trinajstić information content (AvgIpc) is 3.20. The van der Waals surface area contributed by atoms with E-state index in [4.69, 9.17) is 9.47 Å². The van der Waals surface area contributed by atoms with Crippen LogP contribution in [-0.2, 0) is 4.74 Å². The number of ether oxygens (including phenoxy) is 2. The molecule has 4 nitrogen and oxygen atoms in total. The Labute approximate surface area is 175 Å². The quantitative estimate of drug-likeness (QED) is 0.546. The summed E-state index contributed by atoms with van der Waals surface area (Å²) >= 11 is 1.93. The normalized spacial score (nSPS) is 24.8. The number of carbonyl (C=O) groups excluding carboxylic acids is 1. The van der Waals surface area contributed by atoms with E-state index in [-0.39, 0.29) is 12.0 Å². The van der Waals surface area contributed by atoms with E-state index in [2.05, 4.69) is 41.7 Å². The maximum Gasteiger partial charge on any atom is 0.338 e. The summed E-state index contributed by atoms with van der Waals surface area (Å²) in [7, 11) is 0. The van der Waals surface area contributed by atoms with Gasteiger partial charge in [0.15, 0.2) is 0 Å². The van der Waals surface area contributed by atoms with E-state index in [1.165, 1.54) is 11.1 Å². The predicted molar refractivity (Wildman–Crippen MR) is 117 cm³/mol. The Kier molecular flexibility index (Phi) is 5.00. The van der Waals surface area contributed by atoms with Crippen LogP contribution < -0.4 is 10.1 Å². The zero-order chi connectivity index (χ0) is 19.8. The van der Waals surface area contributed by atoms with Gasteiger partial charge in [-0.2, -0.15) is 11.8 Å². The Hall–Kier alpha value is -2.40. The summed E-state index contributed by atoms with van der Waals surface area (Å²) in [4.78, 5) is 12.2. The topological polar surface area (TPSA) is 47.6 Å². The number of anilines is 1. The third-order valence-electron chi connectivity index (χ3n) is 6.00. The van der Waals surface area contributed by atoms with Gasteiger partial charge in [0.25, 0.3) is 0 Å². The zero-order valence-corrected chi connectivity index (χ0v) is 17.3. The molecule has 0 bridgehead atoms. The molecule has 3 aliphatic rings. The summed E-state index contributed by atoms with van der Waals surface area (Å²) < 4.78 is 11.3. The molecule has 2 aromatic rings. The van der Waals surface area contributed by atoms with Gasteiger partial charge in [-0.3, -0.25) is 0 Å². The number of fused-ring (bicyclic) bond motifs is 3. The zero-order valence-electron chi connectivity index (χ0n) is 16.5. The minimum Gasteiger partial charge on any atom is -0.489 e. The van der Waals surface area contributed by atoms with Crippen molar-refractivity contribution in [3.8, 4) is 5.75 Å². The molecule has 0 amide bonds. The van der Waals surface area contributed by atoms with E-state index in [0.29, 0.717) is 30.1 Å². The van der Waals surface area contributed by atoms with Gasteiger partial charge in [0.2, 0.25) is 0 Å². The summed E-state index contributed by atoms with van der Waals surface area (Å²) in [6.45, 7) is 2.22. The van der Waals surface area contributed by atoms with Gasteiger partial charge in [-0.15, -0.1) is 0 Å². The van der Waals surface area contributed by atoms with Crippen molar-refractivity contribution in [3.63, 3.8) is 0 Å². The van der Waals surface area contributed by atoms with Crippen LogP contribution in [0.15, 0.2) is 54.6 Å². The maximum absolute atomic E-state index is 12.2. The lowest BCUT2D eigenvalue weighted by molar-refractivity contribution is 0.0526. The van der Waals surface area contributed by atoms with Crippen LogP contribution >= 0.6 is 11.8 Å². The number of allylic oxidation sites excluding steroid dienone is 2. The number of thioether (sulfide) groups is 1. The molecule has 0 aromatic heterocycles. The van der Waals surface area contributed by atoms with Crippen LogP contribution in [0.4, 0.5) is 5.69 Å². The van der Waals surface area contributed by atoms with E-state index in [0.717, 1.165) is 29.4 Å². The molecule has 2 aromatic carbocycles. The highest BCUT2D eigenvalue weighted by Crippen LogP contribution is 2.50. The summed E-state index contributed by atoms with van der Waals surface area (Å²) in [5.41, 5.74) is 4.16. The standard InChI is InChI=1S/C24H25NO3S/c1-2-27-24(26)16-9-10-22-21(12-16)19-7-4-8-20(19)23(25-22)15-5-3-6-17(11-15)28-18-13-29-14-18/h3-7,9-12,18-20,23,25H,2,8,13-14H2,1H3/t19?,20?,23-/m1/s1. The second-order valence-corrected chi connectivity index (χ2v) is 8.92. The predicted octanol–water partition coefficient (Wildman–Crippen LogP) is 5.18. The molecule has 2 aliphatic heterocycles. The molecule has 29 heavy (non-hydrogen) atoms. The van der Waals surface area contributed by atoms with Gasteiger partial charge < -0.3 is 14.8 Å². The highest BCUT2D eigenvalue weighted by molar-refractivity contribution is 8.00. The number of hydrogen-bond donors (Lipinski definition) is 1. The summed E-state index contributed by atoms with van der Waals surface area (Å²) in [6.07, 6.45) is 5.92. The third kappa shape index (κ3) is 3.52. The maximum atomic E-state index is 12.2. The van der Waals surface area contributed by atoms with E-state index in [1.807, 2.05) is 36.9 Å². The molecule has 2 heterocycles. The molecule has 0 radical (unpaired) electrons. The second kappa shape index (κ2) is 7.79. The van der Waals surface area contributed by atoms with Crippen molar-refractivity contribution in [2.24, 2.45) is 5.92 Å². The first-order valence-corrected chi connectivity index (χ1v) is 11.5. The first kappa shape index (κ1) is 18.6. The summed E-state index contributed by atoms with van der Waals surface area (Å²) in [5, 5.41) is 3.74. The van der Waals surface area contributed by atoms with E-state index in [9.17, 15) is 4.79 Å². The largest absolute Gasteiger partial charge is 0.489 e. The number of carbonyl (C=O) groups is 1. The Balaban J connectivity index is 1.44. The monoisotopic (exact) mass is 407 g/mol. The average molecular weight is 408 g/mol. The van der Waals surface area contributed by atoms with Gasteiger partial charge in [0, 0.05) is 23.1 Å². The van der Waals surface area contributed by atoms with Crippen LogP contribution in [-0.4, -0.2) is 30.2 Å². The molecule has 3 atom stereocenters. The molecule has 0 spiro atoms. The Morgan fingerprint density at radius 2 is 2.10 bits per heavy atom. The molecule has 1 N–H and O–H groups in total. The van der Waals surface area contributed by atoms with Crippen LogP contribution in [0.1, 0.15) is 46.8 Å². The summed E-state index contributed by atoms with van der Waals surface area (Å²) in [6, 6.07) is 14.6. The summed E-state index contributed by atoms with van der Waals surface area (Å²) in [5.74, 6) is 3.59. The molecular formula is C24H25NO3S. The fourth-order valence-corrected chi connectivity index (χ4v) is 5.09. The van der Waals surface area contributed by atoms with Crippen LogP contribution in [0.2, 0.25) is 0 Å². The van der Waals surface area contributed by atoms with Crippen molar-refractivity contribution in [1.29, 1.82) is 0 Å². The van der Waals surface area contributed by atoms with Gasteiger partial charge in [0.1, 0.15) is 11.9 Å². The lowest BCUT2D eigenvalue weighted by Crippen LogP contribution is -2.31. The number of benzene rings is 2. The minimum absolute atomic E-state index is 0.218. The molecule has 5 rings (SSSR count). The minimum atomic E-state index is -0.255. The van der Waals surface area contributed by atoms with Crippen LogP contribution in [0.5, 0.6) is 5.75 Å². The molecule has 1 saturated heterocycles. The van der Waals surface area contributed by atoms with Crippen molar-refractivity contribution in [2.45, 2.75) is 31.4 Å². The fourth-order valence-electron chi connectivity index (χ4n) is 4.52. The molecule has 1 aliphatic carbocycles. The fraction of sp³-hybridized carbons (Fsp3) is 0.375. The molecule has 5 heteroatoms. The van der Waals surface area contributed by atoms with E-state index < -0.39 is 0 Å². The molecule has 1 fully saturated rings. The van der Waals surface area contributed by atoms with Gasteiger partial charge in [0.05, 0.1) is 18.2 Å². The second-order valence-electron chi connectivity index (χ2n) is 7.85. The SMILES string of the molecule is CCOC(=O)c1ccc2c(c1)C1C=CCC1[C@@H](c1cccc(OC3CSC3)c1)N2. The van der Waals surface area contributed by atoms with E-state index in [1.54, 1.807) is 0 Å². The number of rotatable bonds is 5. The molecule has 150 valence electrons. The van der Waals surface area contributed by atoms with Crippen molar-refractivity contribution >= 4 is 23.4 Å². The van der Waals surface area contributed by atoms with Gasteiger partial charge in [-0.25, -0.2) is 4.79 Å². The van der Waals surface area contributed by atoms with Crippen molar-refractivity contribution < 1.29 is 14.3 Å². The Morgan fingerprint density at radius 1 is 1.21 bits per heavy atom. The van der Waals surface area contributed by atoms with Crippen LogP contribution in [0.3, 0.4) is 0 Å². The third-order valence-corrected chi connectivity index (χ3v) is 7.22. The molecule has 0 saturated carbocycles. The van der Waals surface area contributed by atoms with Crippen molar-refractivity contribution in [1.82, 2.24) is 0 Å². The van der Waals surface area contributed by atoms with E-state index >= 15 is 0 Å². The van der Waals surface area contributed by atoms with Crippen molar-refractivity contribution in [2.75, 3.05) is 23.4 Å². The number of hydrogen-bond acceptors (Lipinski definition) is 5. The first-order chi connectivity index (χ1) is 14.2. The number of esters is 1.